The van der Waals surface area contributed by atoms with Crippen molar-refractivity contribution in [2.45, 2.75) is 24.0 Å². The van der Waals surface area contributed by atoms with Crippen LogP contribution in [0.4, 0.5) is 0 Å². The monoisotopic (exact) mass is 293 g/mol. The molecule has 1 unspecified atom stereocenters. The van der Waals surface area contributed by atoms with E-state index in [4.69, 9.17) is 17.7 Å². The number of H-pyrrole nitrogens is 1. The topological polar surface area (TPSA) is 125 Å². The van der Waals surface area contributed by atoms with Gasteiger partial charge in [0, 0.05) is 13.6 Å². The first-order valence-electron chi connectivity index (χ1n) is 5.94. The van der Waals surface area contributed by atoms with Crippen molar-refractivity contribution in [2.75, 3.05) is 12.5 Å². The summed E-state index contributed by atoms with van der Waals surface area (Å²) in [7, 11) is 0. The van der Waals surface area contributed by atoms with Crippen LogP contribution in [-0.2, 0) is 4.74 Å². The number of hydrogen-bond acceptors (Lipinski definition) is 6. The maximum atomic E-state index is 11.6. The third kappa shape index (κ3) is 2.21. The van der Waals surface area contributed by atoms with Crippen LogP contribution in [0.3, 0.4) is 0 Å². The Morgan fingerprint density at radius 2 is 2.26 bits per heavy atom. The second kappa shape index (κ2) is 5.06. The Balaban J connectivity index is 2.45. The van der Waals surface area contributed by atoms with Crippen molar-refractivity contribution in [3.8, 4) is 0 Å². The Labute approximate surface area is 113 Å². The van der Waals surface area contributed by atoms with E-state index in [0.29, 0.717) is 0 Å². The standard InChI is InChI=1S/C10H13ClN2O6/c11-3-10(4-14)7(17)6(16)8(19-10)13-2-1-5(15)12-9(13)18/h1-2,6-8,14,16-17H,3-4H2,(H,12,15,18)/t6-,7+,8-,10-/m1/s1/i3D/t3?,6-,7+,8-,10-. The zero-order valence-electron chi connectivity index (χ0n) is 10.6. The van der Waals surface area contributed by atoms with Gasteiger partial charge in [0.15, 0.2) is 6.23 Å². The summed E-state index contributed by atoms with van der Waals surface area (Å²) in [4.78, 5) is 24.6. The molecule has 4 N–H and O–H groups in total. The molecule has 1 aromatic heterocycles. The molecule has 5 atom stereocenters. The van der Waals surface area contributed by atoms with Crippen LogP contribution in [0.2, 0.25) is 0 Å². The number of aliphatic hydroxyl groups excluding tert-OH is 3. The van der Waals surface area contributed by atoms with Gasteiger partial charge in [-0.2, -0.15) is 0 Å². The van der Waals surface area contributed by atoms with E-state index in [1.807, 2.05) is 4.98 Å². The molecule has 9 heteroatoms. The van der Waals surface area contributed by atoms with Crippen molar-refractivity contribution in [1.82, 2.24) is 9.55 Å². The number of rotatable bonds is 3. The highest BCUT2D eigenvalue weighted by molar-refractivity contribution is 6.18. The molecule has 0 amide bonds. The van der Waals surface area contributed by atoms with E-state index in [2.05, 4.69) is 0 Å². The summed E-state index contributed by atoms with van der Waals surface area (Å²) in [6, 6.07) is 1.03. The number of hydrogen-bond donors (Lipinski definition) is 4. The molecule has 0 bridgehead atoms. The maximum absolute atomic E-state index is 11.6. The lowest BCUT2D eigenvalue weighted by Crippen LogP contribution is -2.47. The highest BCUT2D eigenvalue weighted by Crippen LogP contribution is 2.36. The lowest BCUT2D eigenvalue weighted by atomic mass is 9.98. The quantitative estimate of drug-likeness (QED) is 0.467. The molecule has 0 aliphatic carbocycles. The average molecular weight is 294 g/mol. The Bertz CT molecular complexity index is 604. The highest BCUT2D eigenvalue weighted by atomic mass is 35.5. The number of aromatic nitrogens is 2. The van der Waals surface area contributed by atoms with Gasteiger partial charge < -0.3 is 20.1 Å². The van der Waals surface area contributed by atoms with Crippen LogP contribution in [0.5, 0.6) is 0 Å². The summed E-state index contributed by atoms with van der Waals surface area (Å²) in [6.07, 6.45) is -3.58. The largest absolute Gasteiger partial charge is 0.393 e. The first kappa shape index (κ1) is 12.8. The fourth-order valence-corrected chi connectivity index (χ4v) is 2.16. The second-order valence-corrected chi connectivity index (χ2v) is 4.40. The lowest BCUT2D eigenvalue weighted by molar-refractivity contribution is -0.115. The molecule has 19 heavy (non-hydrogen) atoms. The normalized spacial score (nSPS) is 37.1. The molecule has 0 radical (unpaired) electrons. The fourth-order valence-electron chi connectivity index (χ4n) is 1.91. The molecule has 1 aromatic rings. The molecule has 2 rings (SSSR count). The Hall–Kier alpha value is -1.19. The molecule has 106 valence electrons. The Morgan fingerprint density at radius 3 is 2.74 bits per heavy atom. The summed E-state index contributed by atoms with van der Waals surface area (Å²) >= 11 is 5.58. The minimum Gasteiger partial charge on any atom is -0.393 e. The van der Waals surface area contributed by atoms with E-state index in [1.54, 1.807) is 0 Å². The predicted octanol–water partition coefficient (Wildman–Crippen LogP) is -2.24. The van der Waals surface area contributed by atoms with Crippen molar-refractivity contribution in [2.24, 2.45) is 0 Å². The van der Waals surface area contributed by atoms with Gasteiger partial charge in [0.1, 0.15) is 17.8 Å². The van der Waals surface area contributed by atoms with Crippen LogP contribution in [0, 0.1) is 0 Å². The summed E-state index contributed by atoms with van der Waals surface area (Å²) in [5, 5.41) is 29.2. The minimum absolute atomic E-state index is 0.636. The van der Waals surface area contributed by atoms with Gasteiger partial charge in [0.2, 0.25) is 0 Å². The zero-order valence-corrected chi connectivity index (χ0v) is 10.3. The molecule has 1 fully saturated rings. The summed E-state index contributed by atoms with van der Waals surface area (Å²) < 4.78 is 13.5. The lowest BCUT2D eigenvalue weighted by Gasteiger charge is -2.27. The minimum atomic E-state index is -1.93. The van der Waals surface area contributed by atoms with Gasteiger partial charge >= 0.3 is 5.69 Å². The van der Waals surface area contributed by atoms with Gasteiger partial charge in [-0.3, -0.25) is 14.3 Å². The van der Waals surface area contributed by atoms with Crippen LogP contribution >= 0.6 is 11.6 Å². The van der Waals surface area contributed by atoms with Crippen LogP contribution < -0.4 is 11.2 Å². The summed E-state index contributed by atoms with van der Waals surface area (Å²) in [5.74, 6) is -1.57. The average Bonchev–Trinajstić information content (AvgIpc) is 2.64. The number of nitrogens with zero attached hydrogens (tertiary/aromatic N) is 1. The van der Waals surface area contributed by atoms with Crippen molar-refractivity contribution in [3.63, 3.8) is 0 Å². The zero-order chi connectivity index (χ0) is 15.1. The van der Waals surface area contributed by atoms with E-state index in [9.17, 15) is 24.9 Å². The van der Waals surface area contributed by atoms with E-state index >= 15 is 0 Å². The third-order valence-corrected chi connectivity index (χ3v) is 3.38. The highest BCUT2D eigenvalue weighted by Gasteiger charge is 2.54. The number of aromatic amines is 1. The van der Waals surface area contributed by atoms with Gasteiger partial charge in [-0.05, 0) is 0 Å². The van der Waals surface area contributed by atoms with Crippen molar-refractivity contribution >= 4 is 11.6 Å². The summed E-state index contributed by atoms with van der Waals surface area (Å²) in [5.41, 5.74) is -3.43. The molecule has 8 nitrogen and oxygen atoms in total. The molecule has 1 aliphatic heterocycles. The van der Waals surface area contributed by atoms with Crippen LogP contribution in [0.25, 0.3) is 0 Å². The van der Waals surface area contributed by atoms with Crippen LogP contribution in [0.1, 0.15) is 7.60 Å². The maximum Gasteiger partial charge on any atom is 0.330 e. The number of ether oxygens (including phenoxy) is 1. The Morgan fingerprint density at radius 1 is 1.58 bits per heavy atom. The first-order valence-corrected chi connectivity index (χ1v) is 5.79. The van der Waals surface area contributed by atoms with E-state index in [-0.39, 0.29) is 0 Å². The van der Waals surface area contributed by atoms with E-state index < -0.39 is 47.7 Å². The SMILES string of the molecule is [2H]C(Cl)[C@]1(CO)O[C@@H](n2ccc(=O)[nH]c2=O)[C@H](O)[C@@H]1O. The van der Waals surface area contributed by atoms with Crippen molar-refractivity contribution in [1.29, 1.82) is 0 Å². The number of halogens is 1. The first-order chi connectivity index (χ1) is 9.33. The van der Waals surface area contributed by atoms with Gasteiger partial charge in [-0.15, -0.1) is 11.6 Å². The molecule has 0 spiro atoms. The van der Waals surface area contributed by atoms with E-state index in [1.165, 1.54) is 0 Å². The molecule has 0 aromatic carbocycles. The Kier molecular flexibility index (Phi) is 3.42. The van der Waals surface area contributed by atoms with E-state index in [0.717, 1.165) is 16.8 Å². The molecule has 1 saturated heterocycles. The number of alkyl halides is 1. The van der Waals surface area contributed by atoms with Gasteiger partial charge in [-0.1, -0.05) is 0 Å². The van der Waals surface area contributed by atoms with Gasteiger partial charge in [0.25, 0.3) is 5.56 Å². The fraction of sp³-hybridized carbons (Fsp3) is 0.600. The van der Waals surface area contributed by atoms with Crippen molar-refractivity contribution < 1.29 is 21.4 Å². The smallest absolute Gasteiger partial charge is 0.330 e. The molecule has 2 heterocycles. The van der Waals surface area contributed by atoms with Crippen LogP contribution in [-0.4, -0.2) is 55.1 Å². The predicted molar refractivity (Wildman–Crippen MR) is 64.0 cm³/mol. The number of nitrogens with one attached hydrogen (secondary N) is 1. The van der Waals surface area contributed by atoms with Crippen LogP contribution in [0.15, 0.2) is 21.9 Å². The molecular formula is C10H13ClN2O6. The van der Waals surface area contributed by atoms with Gasteiger partial charge in [0.05, 0.1) is 12.5 Å². The second-order valence-electron chi connectivity index (χ2n) is 4.18. The van der Waals surface area contributed by atoms with Gasteiger partial charge in [-0.25, -0.2) is 4.79 Å². The third-order valence-electron chi connectivity index (χ3n) is 3.01. The number of aliphatic hydroxyl groups is 3. The molecular weight excluding hydrogens is 280 g/mol. The van der Waals surface area contributed by atoms with Crippen molar-refractivity contribution in [3.05, 3.63) is 33.1 Å². The molecule has 0 saturated carbocycles. The summed E-state index contributed by atoms with van der Waals surface area (Å²) in [6.45, 7) is -0.822. The molecule has 1 aliphatic rings.